The summed E-state index contributed by atoms with van der Waals surface area (Å²) >= 11 is 0. The summed E-state index contributed by atoms with van der Waals surface area (Å²) in [5.74, 6) is 1.45. The average molecular weight is 467 g/mol. The summed E-state index contributed by atoms with van der Waals surface area (Å²) < 4.78 is 12.5. The monoisotopic (exact) mass is 466 g/mol. The van der Waals surface area contributed by atoms with E-state index in [-0.39, 0.29) is 11.5 Å². The molecule has 34 heavy (non-hydrogen) atoms. The summed E-state index contributed by atoms with van der Waals surface area (Å²) in [7, 11) is 7.04. The van der Waals surface area contributed by atoms with Crippen LogP contribution in [0.5, 0.6) is 11.5 Å². The van der Waals surface area contributed by atoms with E-state index in [0.29, 0.717) is 59.8 Å². The number of hydrogen-bond acceptors (Lipinski definition) is 6. The van der Waals surface area contributed by atoms with Gasteiger partial charge >= 0.3 is 0 Å². The normalized spacial score (nSPS) is 12.1. The Morgan fingerprint density at radius 2 is 1.79 bits per heavy atom. The van der Waals surface area contributed by atoms with Gasteiger partial charge in [0.05, 0.1) is 36.7 Å². The molecule has 3 aromatic rings. The third kappa shape index (κ3) is 5.07. The van der Waals surface area contributed by atoms with Crippen molar-refractivity contribution in [1.29, 1.82) is 0 Å². The van der Waals surface area contributed by atoms with Gasteiger partial charge in [-0.25, -0.2) is 4.98 Å². The van der Waals surface area contributed by atoms with Crippen molar-refractivity contribution in [2.45, 2.75) is 32.9 Å². The average Bonchev–Trinajstić information content (AvgIpc) is 2.85. The molecule has 1 amide bonds. The quantitative estimate of drug-likeness (QED) is 0.455. The second-order valence-electron chi connectivity index (χ2n) is 8.33. The molecule has 0 aliphatic heterocycles. The number of carbonyl (C=O) groups excluding carboxylic acids is 1. The number of hydrogen-bond donors (Lipinski definition) is 0. The molecule has 0 saturated heterocycles. The molecular formula is C26H34N4O4. The van der Waals surface area contributed by atoms with Crippen molar-refractivity contribution in [1.82, 2.24) is 19.4 Å². The Bertz CT molecular complexity index is 1210. The van der Waals surface area contributed by atoms with Gasteiger partial charge in [0.15, 0.2) is 0 Å². The standard InChI is InChI=1S/C26H34N4O4/c1-7-22(24-27-21-12-10-9-11-19(21)25(31)29(24)8-2)30(16-15-28(3)4)26(32)20-14-13-18(33-5)17-23(20)34-6/h9-14,17,22H,7-8,15-16H2,1-6H3. The number of aromatic nitrogens is 2. The number of amides is 1. The lowest BCUT2D eigenvalue weighted by Crippen LogP contribution is -2.42. The molecule has 1 aromatic heterocycles. The SMILES string of the molecule is CCC(c1nc2ccccc2c(=O)n1CC)N(CCN(C)C)C(=O)c1ccc(OC)cc1OC. The van der Waals surface area contributed by atoms with E-state index in [9.17, 15) is 9.59 Å². The first kappa shape index (κ1) is 25.2. The fourth-order valence-electron chi connectivity index (χ4n) is 4.12. The summed E-state index contributed by atoms with van der Waals surface area (Å²) in [6, 6.07) is 12.1. The summed E-state index contributed by atoms with van der Waals surface area (Å²) in [5.41, 5.74) is 0.975. The van der Waals surface area contributed by atoms with Gasteiger partial charge in [-0.1, -0.05) is 19.1 Å². The Morgan fingerprint density at radius 3 is 2.41 bits per heavy atom. The third-order valence-corrected chi connectivity index (χ3v) is 5.96. The number of likely N-dealkylation sites (N-methyl/N-ethyl adjacent to an activating group) is 1. The fraction of sp³-hybridized carbons (Fsp3) is 0.423. The molecule has 0 spiro atoms. The van der Waals surface area contributed by atoms with Crippen molar-refractivity contribution >= 4 is 16.8 Å². The molecule has 0 bridgehead atoms. The van der Waals surface area contributed by atoms with E-state index >= 15 is 0 Å². The molecule has 0 aliphatic carbocycles. The number of benzene rings is 2. The Labute approximate surface area is 200 Å². The lowest BCUT2D eigenvalue weighted by atomic mass is 10.1. The zero-order valence-corrected chi connectivity index (χ0v) is 20.9. The van der Waals surface area contributed by atoms with Crippen LogP contribution in [0.2, 0.25) is 0 Å². The highest BCUT2D eigenvalue weighted by Crippen LogP contribution is 2.30. The zero-order valence-electron chi connectivity index (χ0n) is 20.9. The lowest BCUT2D eigenvalue weighted by molar-refractivity contribution is 0.0638. The highest BCUT2D eigenvalue weighted by molar-refractivity contribution is 5.97. The molecule has 182 valence electrons. The molecule has 1 heterocycles. The van der Waals surface area contributed by atoms with Crippen molar-refractivity contribution in [3.8, 4) is 11.5 Å². The largest absolute Gasteiger partial charge is 0.497 e. The maximum Gasteiger partial charge on any atom is 0.261 e. The second-order valence-corrected chi connectivity index (χ2v) is 8.33. The zero-order chi connectivity index (χ0) is 24.8. The van der Waals surface area contributed by atoms with Crippen molar-refractivity contribution in [3.63, 3.8) is 0 Å². The molecule has 3 rings (SSSR count). The number of nitrogens with zero attached hydrogens (tertiary/aromatic N) is 4. The van der Waals surface area contributed by atoms with E-state index in [1.54, 1.807) is 40.8 Å². The minimum Gasteiger partial charge on any atom is -0.497 e. The van der Waals surface area contributed by atoms with E-state index in [1.807, 2.05) is 51.0 Å². The molecule has 0 aliphatic rings. The Balaban J connectivity index is 2.16. The van der Waals surface area contributed by atoms with Crippen molar-refractivity contribution < 1.29 is 14.3 Å². The lowest BCUT2D eigenvalue weighted by Gasteiger charge is -2.33. The first-order valence-electron chi connectivity index (χ1n) is 11.5. The van der Waals surface area contributed by atoms with E-state index in [2.05, 4.69) is 0 Å². The van der Waals surface area contributed by atoms with Gasteiger partial charge in [-0.05, 0) is 51.7 Å². The number of rotatable bonds is 10. The first-order valence-corrected chi connectivity index (χ1v) is 11.5. The number of para-hydroxylation sites is 1. The Morgan fingerprint density at radius 1 is 1.06 bits per heavy atom. The third-order valence-electron chi connectivity index (χ3n) is 5.96. The van der Waals surface area contributed by atoms with Gasteiger partial charge in [0.1, 0.15) is 17.3 Å². The number of ether oxygens (including phenoxy) is 2. The molecule has 8 nitrogen and oxygen atoms in total. The number of methoxy groups -OCH3 is 2. The molecular weight excluding hydrogens is 432 g/mol. The Kier molecular flexibility index (Phi) is 8.28. The van der Waals surface area contributed by atoms with Gasteiger partial charge < -0.3 is 19.3 Å². The van der Waals surface area contributed by atoms with Crippen LogP contribution in [-0.2, 0) is 6.54 Å². The molecule has 8 heteroatoms. The van der Waals surface area contributed by atoms with Crippen LogP contribution in [0.1, 0.15) is 42.5 Å². The fourth-order valence-corrected chi connectivity index (χ4v) is 4.12. The molecule has 0 radical (unpaired) electrons. The van der Waals surface area contributed by atoms with Gasteiger partial charge in [-0.3, -0.25) is 14.2 Å². The van der Waals surface area contributed by atoms with Crippen LogP contribution >= 0.6 is 0 Å². The van der Waals surface area contributed by atoms with E-state index in [1.165, 1.54) is 7.11 Å². The van der Waals surface area contributed by atoms with Crippen LogP contribution in [0, 0.1) is 0 Å². The van der Waals surface area contributed by atoms with Crippen LogP contribution in [0.3, 0.4) is 0 Å². The number of carbonyl (C=O) groups is 1. The second kappa shape index (κ2) is 11.2. The van der Waals surface area contributed by atoms with Crippen LogP contribution in [-0.4, -0.2) is 66.7 Å². The van der Waals surface area contributed by atoms with Gasteiger partial charge in [-0.2, -0.15) is 0 Å². The smallest absolute Gasteiger partial charge is 0.261 e. The van der Waals surface area contributed by atoms with Gasteiger partial charge in [0.25, 0.3) is 11.5 Å². The summed E-state index contributed by atoms with van der Waals surface area (Å²) in [6.45, 7) is 5.51. The van der Waals surface area contributed by atoms with Gasteiger partial charge in [-0.15, -0.1) is 0 Å². The highest BCUT2D eigenvalue weighted by atomic mass is 16.5. The minimum atomic E-state index is -0.392. The predicted molar refractivity (Wildman–Crippen MR) is 134 cm³/mol. The molecule has 0 N–H and O–H groups in total. The van der Waals surface area contributed by atoms with Crippen molar-refractivity contribution in [2.75, 3.05) is 41.4 Å². The number of fused-ring (bicyclic) bond motifs is 1. The van der Waals surface area contributed by atoms with E-state index < -0.39 is 6.04 Å². The topological polar surface area (TPSA) is 76.9 Å². The molecule has 1 atom stereocenters. The predicted octanol–water partition coefficient (Wildman–Crippen LogP) is 3.59. The first-order chi connectivity index (χ1) is 16.4. The maximum atomic E-state index is 13.9. The van der Waals surface area contributed by atoms with Crippen LogP contribution in [0.4, 0.5) is 0 Å². The highest BCUT2D eigenvalue weighted by Gasteiger charge is 2.30. The summed E-state index contributed by atoms with van der Waals surface area (Å²) in [6.07, 6.45) is 0.600. The summed E-state index contributed by atoms with van der Waals surface area (Å²) in [4.78, 5) is 35.9. The van der Waals surface area contributed by atoms with Crippen LogP contribution < -0.4 is 15.0 Å². The molecule has 0 saturated carbocycles. The minimum absolute atomic E-state index is 0.0939. The van der Waals surface area contributed by atoms with E-state index in [0.717, 1.165) is 0 Å². The van der Waals surface area contributed by atoms with Crippen LogP contribution in [0.15, 0.2) is 47.3 Å². The molecule has 2 aromatic carbocycles. The molecule has 0 fully saturated rings. The van der Waals surface area contributed by atoms with Gasteiger partial charge in [0, 0.05) is 25.7 Å². The van der Waals surface area contributed by atoms with Crippen molar-refractivity contribution in [2.24, 2.45) is 0 Å². The summed E-state index contributed by atoms with van der Waals surface area (Å²) in [5, 5.41) is 0.575. The van der Waals surface area contributed by atoms with Crippen molar-refractivity contribution in [3.05, 3.63) is 64.2 Å². The van der Waals surface area contributed by atoms with Crippen LogP contribution in [0.25, 0.3) is 10.9 Å². The Hall–Kier alpha value is -3.39. The van der Waals surface area contributed by atoms with E-state index in [4.69, 9.17) is 14.5 Å². The maximum absolute atomic E-state index is 13.9. The molecule has 1 unspecified atom stereocenters. The van der Waals surface area contributed by atoms with Gasteiger partial charge in [0.2, 0.25) is 0 Å².